The first-order valence-electron chi connectivity index (χ1n) is 11.1. The van der Waals surface area contributed by atoms with Crippen LogP contribution >= 0.6 is 0 Å². The summed E-state index contributed by atoms with van der Waals surface area (Å²) in [5.41, 5.74) is 22.4. The van der Waals surface area contributed by atoms with Crippen LogP contribution in [0.1, 0.15) is 105 Å². The summed E-state index contributed by atoms with van der Waals surface area (Å²) in [5.74, 6) is 0. The van der Waals surface area contributed by atoms with E-state index in [-0.39, 0.29) is 21.7 Å². The predicted octanol–water partition coefficient (Wildman–Crippen LogP) is 7.71. The summed E-state index contributed by atoms with van der Waals surface area (Å²) in [6.45, 7) is 26.8. The van der Waals surface area contributed by atoms with Gasteiger partial charge in [-0.05, 0) is 79.3 Å². The Kier molecular flexibility index (Phi) is 5.93. The smallest absolute Gasteiger partial charge is 0.0390 e. The van der Waals surface area contributed by atoms with E-state index in [2.05, 4.69) is 107 Å². The van der Waals surface area contributed by atoms with Crippen LogP contribution < -0.4 is 11.5 Å². The quantitative estimate of drug-likeness (QED) is 0.475. The van der Waals surface area contributed by atoms with Crippen molar-refractivity contribution in [3.05, 3.63) is 46.5 Å². The van der Waals surface area contributed by atoms with Gasteiger partial charge in [-0.25, -0.2) is 0 Å². The Morgan fingerprint density at radius 3 is 0.700 bits per heavy atom. The molecule has 0 aliphatic heterocycles. The molecule has 30 heavy (non-hydrogen) atoms. The molecule has 166 valence electrons. The first-order valence-corrected chi connectivity index (χ1v) is 11.1. The van der Waals surface area contributed by atoms with Gasteiger partial charge in [0.15, 0.2) is 0 Å². The number of hydrogen-bond donors (Lipinski definition) is 2. The molecule has 2 nitrogen and oxygen atoms in total. The maximum absolute atomic E-state index is 6.71. The van der Waals surface area contributed by atoms with Gasteiger partial charge in [0.1, 0.15) is 0 Å². The van der Waals surface area contributed by atoms with Gasteiger partial charge in [0.05, 0.1) is 0 Å². The van der Waals surface area contributed by atoms with E-state index < -0.39 is 0 Å². The molecular weight excluding hydrogens is 364 g/mol. The molecule has 2 rings (SSSR count). The molecule has 0 atom stereocenters. The molecule has 0 aliphatic carbocycles. The average Bonchev–Trinajstić information content (AvgIpc) is 2.50. The molecule has 0 aromatic heterocycles. The lowest BCUT2D eigenvalue weighted by atomic mass is 9.75. The molecular formula is C28H44N2. The van der Waals surface area contributed by atoms with E-state index in [0.717, 1.165) is 11.4 Å². The summed E-state index contributed by atoms with van der Waals surface area (Å²) in [6, 6.07) is 9.15. The zero-order chi connectivity index (χ0) is 23.4. The highest BCUT2D eigenvalue weighted by atomic mass is 14.6. The van der Waals surface area contributed by atoms with Gasteiger partial charge in [-0.3, -0.25) is 0 Å². The molecule has 0 heterocycles. The fourth-order valence-electron chi connectivity index (χ4n) is 4.12. The van der Waals surface area contributed by atoms with E-state index in [1.165, 1.54) is 33.4 Å². The second-order valence-electron chi connectivity index (χ2n) is 13.0. The molecule has 0 fully saturated rings. The minimum absolute atomic E-state index is 0.0341. The summed E-state index contributed by atoms with van der Waals surface area (Å²) in [6.07, 6.45) is 0. The molecule has 2 aromatic carbocycles. The second kappa shape index (κ2) is 7.32. The zero-order valence-electron chi connectivity index (χ0n) is 21.5. The molecule has 0 saturated carbocycles. The average molecular weight is 409 g/mol. The minimum Gasteiger partial charge on any atom is -0.398 e. The third-order valence-electron chi connectivity index (χ3n) is 5.93. The highest BCUT2D eigenvalue weighted by Crippen LogP contribution is 2.43. The summed E-state index contributed by atoms with van der Waals surface area (Å²) < 4.78 is 0. The van der Waals surface area contributed by atoms with Crippen molar-refractivity contribution in [2.24, 2.45) is 0 Å². The van der Waals surface area contributed by atoms with E-state index in [1.54, 1.807) is 0 Å². The Labute approximate surface area is 185 Å². The third kappa shape index (κ3) is 4.85. The summed E-state index contributed by atoms with van der Waals surface area (Å²) in [5, 5.41) is 0. The lowest BCUT2D eigenvalue weighted by molar-refractivity contribution is 0.571. The van der Waals surface area contributed by atoms with Crippen molar-refractivity contribution in [3.8, 4) is 11.1 Å². The fourth-order valence-corrected chi connectivity index (χ4v) is 4.12. The van der Waals surface area contributed by atoms with E-state index in [1.807, 2.05) is 0 Å². The van der Waals surface area contributed by atoms with E-state index in [9.17, 15) is 0 Å². The molecule has 0 spiro atoms. The van der Waals surface area contributed by atoms with E-state index in [4.69, 9.17) is 11.5 Å². The summed E-state index contributed by atoms with van der Waals surface area (Å²) >= 11 is 0. The summed E-state index contributed by atoms with van der Waals surface area (Å²) in [7, 11) is 0. The number of rotatable bonds is 1. The van der Waals surface area contributed by atoms with E-state index in [0.29, 0.717) is 0 Å². The maximum atomic E-state index is 6.71. The van der Waals surface area contributed by atoms with E-state index >= 15 is 0 Å². The molecule has 0 amide bonds. The van der Waals surface area contributed by atoms with Crippen molar-refractivity contribution in [2.75, 3.05) is 11.5 Å². The van der Waals surface area contributed by atoms with Crippen LogP contribution in [0, 0.1) is 0 Å². The Balaban J connectivity index is 2.97. The topological polar surface area (TPSA) is 52.0 Å². The van der Waals surface area contributed by atoms with Crippen molar-refractivity contribution >= 4 is 11.4 Å². The van der Waals surface area contributed by atoms with Crippen molar-refractivity contribution in [3.63, 3.8) is 0 Å². The molecule has 0 saturated heterocycles. The second-order valence-corrected chi connectivity index (χ2v) is 13.0. The van der Waals surface area contributed by atoms with Gasteiger partial charge >= 0.3 is 0 Å². The predicted molar refractivity (Wildman–Crippen MR) is 136 cm³/mol. The first kappa shape index (κ1) is 24.3. The number of nitrogen functional groups attached to an aromatic ring is 2. The standard InChI is InChI=1S/C28H44N2/c1-25(2,3)19-13-17(14-20(23(19)29)26(4,5)6)18-15-21(27(7,8)9)24(30)22(16-18)28(10,11)12/h13-16H,29-30H2,1-12H3. The highest BCUT2D eigenvalue weighted by Gasteiger charge is 2.28. The Morgan fingerprint density at radius 2 is 0.567 bits per heavy atom. The number of benzene rings is 2. The molecule has 2 aromatic rings. The normalized spacial score (nSPS) is 13.6. The van der Waals surface area contributed by atoms with Crippen molar-refractivity contribution in [1.29, 1.82) is 0 Å². The van der Waals surface area contributed by atoms with Crippen molar-refractivity contribution < 1.29 is 0 Å². The summed E-state index contributed by atoms with van der Waals surface area (Å²) in [4.78, 5) is 0. The molecule has 2 heteroatoms. The van der Waals surface area contributed by atoms with Crippen LogP contribution in [0.5, 0.6) is 0 Å². The SMILES string of the molecule is CC(C)(C)c1cc(-c2cc(C(C)(C)C)c(N)c(C(C)(C)C)c2)cc(C(C)(C)C)c1N. The lowest BCUT2D eigenvalue weighted by Crippen LogP contribution is -2.22. The zero-order valence-corrected chi connectivity index (χ0v) is 21.5. The van der Waals surface area contributed by atoms with Crippen molar-refractivity contribution in [2.45, 2.75) is 105 Å². The van der Waals surface area contributed by atoms with Crippen LogP contribution in [-0.4, -0.2) is 0 Å². The molecule has 0 bridgehead atoms. The maximum Gasteiger partial charge on any atom is 0.0390 e. The van der Waals surface area contributed by atoms with Gasteiger partial charge in [0.25, 0.3) is 0 Å². The minimum atomic E-state index is -0.0341. The Morgan fingerprint density at radius 1 is 0.400 bits per heavy atom. The van der Waals surface area contributed by atoms with Crippen molar-refractivity contribution in [1.82, 2.24) is 0 Å². The number of anilines is 2. The lowest BCUT2D eigenvalue weighted by Gasteiger charge is -2.31. The Bertz CT molecular complexity index is 787. The number of nitrogens with two attached hydrogens (primary N) is 2. The molecule has 4 N–H and O–H groups in total. The third-order valence-corrected chi connectivity index (χ3v) is 5.93. The molecule has 0 unspecified atom stereocenters. The van der Waals surface area contributed by atoms with Crippen LogP contribution in [0.2, 0.25) is 0 Å². The van der Waals surface area contributed by atoms with Crippen LogP contribution in [0.4, 0.5) is 11.4 Å². The van der Waals surface area contributed by atoms with Gasteiger partial charge < -0.3 is 11.5 Å². The van der Waals surface area contributed by atoms with Gasteiger partial charge in [0, 0.05) is 11.4 Å². The first-order chi connectivity index (χ1) is 13.2. The van der Waals surface area contributed by atoms with Crippen LogP contribution in [-0.2, 0) is 21.7 Å². The van der Waals surface area contributed by atoms with Crippen LogP contribution in [0.3, 0.4) is 0 Å². The monoisotopic (exact) mass is 408 g/mol. The van der Waals surface area contributed by atoms with Crippen LogP contribution in [0.15, 0.2) is 24.3 Å². The van der Waals surface area contributed by atoms with Gasteiger partial charge in [-0.1, -0.05) is 83.1 Å². The Hall–Kier alpha value is -1.96. The fraction of sp³-hybridized carbons (Fsp3) is 0.571. The van der Waals surface area contributed by atoms with Crippen LogP contribution in [0.25, 0.3) is 11.1 Å². The van der Waals surface area contributed by atoms with Gasteiger partial charge in [-0.2, -0.15) is 0 Å². The van der Waals surface area contributed by atoms with Gasteiger partial charge in [0.2, 0.25) is 0 Å². The molecule has 0 radical (unpaired) electrons. The van der Waals surface area contributed by atoms with Gasteiger partial charge in [-0.15, -0.1) is 0 Å². The largest absolute Gasteiger partial charge is 0.398 e. The highest BCUT2D eigenvalue weighted by molar-refractivity contribution is 5.77. The molecule has 0 aliphatic rings. The number of hydrogen-bond acceptors (Lipinski definition) is 2.